The number of anilines is 1. The van der Waals surface area contributed by atoms with Crippen LogP contribution in [0, 0.1) is 0 Å². The molecule has 2 heterocycles. The van der Waals surface area contributed by atoms with Crippen LogP contribution in [0.1, 0.15) is 16.8 Å². The lowest BCUT2D eigenvalue weighted by Gasteiger charge is -2.14. The fourth-order valence-electron chi connectivity index (χ4n) is 3.27. The molecule has 0 bridgehead atoms. The van der Waals surface area contributed by atoms with Crippen LogP contribution in [-0.2, 0) is 11.0 Å². The summed E-state index contributed by atoms with van der Waals surface area (Å²) in [6.07, 6.45) is -0.698. The average molecular weight is 503 g/mol. The van der Waals surface area contributed by atoms with Crippen molar-refractivity contribution in [2.75, 3.05) is 18.4 Å². The monoisotopic (exact) mass is 502 g/mol. The number of nitrogens with zero attached hydrogens (tertiary/aromatic N) is 2. The van der Waals surface area contributed by atoms with Gasteiger partial charge >= 0.3 is 6.18 Å². The molecule has 0 aliphatic carbocycles. The van der Waals surface area contributed by atoms with Crippen molar-refractivity contribution < 1.29 is 27.8 Å². The van der Waals surface area contributed by atoms with Gasteiger partial charge < -0.3 is 20.5 Å². The first-order valence-corrected chi connectivity index (χ1v) is 10.7. The van der Waals surface area contributed by atoms with Crippen molar-refractivity contribution in [1.29, 1.82) is 0 Å². The Kier molecular flexibility index (Phi) is 6.92. The number of pyridine rings is 1. The van der Waals surface area contributed by atoms with E-state index in [1.807, 2.05) is 0 Å². The molecule has 0 unspecified atom stereocenters. The van der Waals surface area contributed by atoms with Crippen molar-refractivity contribution in [3.05, 3.63) is 82.6 Å². The number of amides is 1. The second-order valence-electron chi connectivity index (χ2n) is 7.35. The van der Waals surface area contributed by atoms with Crippen molar-refractivity contribution in [1.82, 2.24) is 10.3 Å². The van der Waals surface area contributed by atoms with E-state index in [0.29, 0.717) is 35.1 Å². The van der Waals surface area contributed by atoms with Gasteiger partial charge in [0.15, 0.2) is 5.75 Å². The van der Waals surface area contributed by atoms with Gasteiger partial charge in [-0.05, 0) is 42.0 Å². The molecule has 3 N–H and O–H groups in total. The molecule has 0 radical (unpaired) electrons. The van der Waals surface area contributed by atoms with Crippen LogP contribution in [-0.4, -0.2) is 34.9 Å². The van der Waals surface area contributed by atoms with Gasteiger partial charge in [-0.1, -0.05) is 23.7 Å². The van der Waals surface area contributed by atoms with Crippen LogP contribution in [0.5, 0.6) is 17.2 Å². The maximum Gasteiger partial charge on any atom is 0.421 e. The van der Waals surface area contributed by atoms with Gasteiger partial charge in [0.2, 0.25) is 5.91 Å². The lowest BCUT2D eigenvalue weighted by atomic mass is 10.1. The maximum absolute atomic E-state index is 13.1. The number of aliphatic imine (C=N–C) groups is 1. The zero-order valence-corrected chi connectivity index (χ0v) is 18.7. The van der Waals surface area contributed by atoms with E-state index in [4.69, 9.17) is 16.3 Å². The molecule has 4 rings (SSSR count). The molecular formula is C24H18ClF3N4O3. The topological polar surface area (TPSA) is 95.8 Å². The van der Waals surface area contributed by atoms with Crippen LogP contribution in [0.3, 0.4) is 0 Å². The third kappa shape index (κ3) is 5.90. The molecule has 3 aromatic rings. The number of aromatic hydroxyl groups is 1. The Morgan fingerprint density at radius 3 is 2.71 bits per heavy atom. The molecule has 11 heteroatoms. The largest absolute Gasteiger partial charge is 0.505 e. The van der Waals surface area contributed by atoms with Gasteiger partial charge in [-0.2, -0.15) is 13.2 Å². The van der Waals surface area contributed by atoms with Gasteiger partial charge in [-0.3, -0.25) is 14.8 Å². The van der Waals surface area contributed by atoms with E-state index in [0.717, 1.165) is 24.8 Å². The number of halogens is 4. The number of benzene rings is 2. The maximum atomic E-state index is 13.1. The highest BCUT2D eigenvalue weighted by Crippen LogP contribution is 2.44. The Hall–Kier alpha value is -4.05. The quantitative estimate of drug-likeness (QED) is 0.316. The number of carbonyl (C=O) groups is 1. The molecule has 0 atom stereocenters. The number of hydrogen-bond donors (Lipinski definition) is 3. The highest BCUT2D eigenvalue weighted by atomic mass is 35.5. The number of aromatic nitrogens is 1. The first-order valence-electron chi connectivity index (χ1n) is 10.3. The van der Waals surface area contributed by atoms with Crippen LogP contribution in [0.4, 0.5) is 18.9 Å². The number of alkyl halides is 3. The summed E-state index contributed by atoms with van der Waals surface area (Å²) in [5.41, 5.74) is -0.568. The van der Waals surface area contributed by atoms with Crippen molar-refractivity contribution in [3.63, 3.8) is 0 Å². The highest BCUT2D eigenvalue weighted by molar-refractivity contribution is 6.31. The number of phenols is 1. The standard InChI is InChI=1S/C24H18ClF3N4O3/c25-17-5-6-18(22(34)21(17)24(26,27)28)32-20(33)7-4-14-2-1-3-15(12-14)35-16-8-9-29-19(13-16)23-30-10-11-31-23/h1-9,12-13,34H,10-11H2,(H,30,31)(H,32,33)/b7-4+. The first kappa shape index (κ1) is 24.1. The minimum atomic E-state index is -4.88. The summed E-state index contributed by atoms with van der Waals surface area (Å²) < 4.78 is 45.2. The average Bonchev–Trinajstić information content (AvgIpc) is 3.34. The molecule has 7 nitrogen and oxygen atoms in total. The second-order valence-corrected chi connectivity index (χ2v) is 7.75. The summed E-state index contributed by atoms with van der Waals surface area (Å²) in [4.78, 5) is 20.8. The number of hydrogen-bond acceptors (Lipinski definition) is 6. The predicted molar refractivity (Wildman–Crippen MR) is 126 cm³/mol. The first-order chi connectivity index (χ1) is 16.7. The molecule has 180 valence electrons. The lowest BCUT2D eigenvalue weighted by Crippen LogP contribution is -2.20. The summed E-state index contributed by atoms with van der Waals surface area (Å²) in [5, 5.41) is 14.6. The Morgan fingerprint density at radius 1 is 1.17 bits per heavy atom. The summed E-state index contributed by atoms with van der Waals surface area (Å²) >= 11 is 5.55. The van der Waals surface area contributed by atoms with E-state index in [1.54, 1.807) is 42.6 Å². The summed E-state index contributed by atoms with van der Waals surface area (Å²) in [6, 6.07) is 12.3. The zero-order valence-electron chi connectivity index (χ0n) is 17.9. The van der Waals surface area contributed by atoms with Crippen molar-refractivity contribution in [2.45, 2.75) is 6.18 Å². The minimum absolute atomic E-state index is 0.414. The molecule has 1 aliphatic heterocycles. The molecule has 1 aliphatic rings. The molecule has 0 spiro atoms. The normalized spacial score (nSPS) is 13.4. The van der Waals surface area contributed by atoms with Gasteiger partial charge in [0.05, 0.1) is 17.3 Å². The number of phenolic OH excluding ortho intramolecular Hbond substituents is 1. The zero-order chi connectivity index (χ0) is 25.0. The predicted octanol–water partition coefficient (Wildman–Crippen LogP) is 5.25. The SMILES string of the molecule is O=C(/C=C/c1cccc(Oc2ccnc(C3=NCCN3)c2)c1)Nc1ccc(Cl)c(C(F)(F)F)c1O. The van der Waals surface area contributed by atoms with E-state index in [2.05, 4.69) is 20.6 Å². The summed E-state index contributed by atoms with van der Waals surface area (Å²) in [5.74, 6) is -0.157. The summed E-state index contributed by atoms with van der Waals surface area (Å²) in [6.45, 7) is 1.44. The number of amidine groups is 1. The van der Waals surface area contributed by atoms with Gasteiger partial charge in [-0.15, -0.1) is 0 Å². The Bertz CT molecular complexity index is 1330. The molecule has 1 amide bonds. The van der Waals surface area contributed by atoms with Crippen LogP contribution >= 0.6 is 11.6 Å². The van der Waals surface area contributed by atoms with Crippen molar-refractivity contribution >= 4 is 35.1 Å². The fourth-order valence-corrected chi connectivity index (χ4v) is 3.53. The van der Waals surface area contributed by atoms with Crippen molar-refractivity contribution in [2.24, 2.45) is 4.99 Å². The van der Waals surface area contributed by atoms with E-state index >= 15 is 0 Å². The van der Waals surface area contributed by atoms with Gasteiger partial charge in [0.1, 0.15) is 28.6 Å². The summed E-state index contributed by atoms with van der Waals surface area (Å²) in [7, 11) is 0. The number of ether oxygens (including phenoxy) is 1. The third-order valence-corrected chi connectivity index (χ3v) is 5.15. The van der Waals surface area contributed by atoms with Gasteiger partial charge in [0, 0.05) is 24.9 Å². The van der Waals surface area contributed by atoms with Crippen LogP contribution in [0.25, 0.3) is 6.08 Å². The minimum Gasteiger partial charge on any atom is -0.505 e. The fraction of sp³-hybridized carbons (Fsp3) is 0.125. The van der Waals surface area contributed by atoms with Gasteiger partial charge in [-0.25, -0.2) is 0 Å². The third-order valence-electron chi connectivity index (χ3n) is 4.84. The molecule has 0 fully saturated rings. The van der Waals surface area contributed by atoms with E-state index in [-0.39, 0.29) is 0 Å². The molecule has 35 heavy (non-hydrogen) atoms. The molecular weight excluding hydrogens is 485 g/mol. The van der Waals surface area contributed by atoms with E-state index in [9.17, 15) is 23.1 Å². The molecule has 1 aromatic heterocycles. The molecule has 0 saturated carbocycles. The Labute approximate surface area is 202 Å². The molecule has 0 saturated heterocycles. The Balaban J connectivity index is 1.45. The molecule has 2 aromatic carbocycles. The highest BCUT2D eigenvalue weighted by Gasteiger charge is 2.37. The number of carbonyl (C=O) groups excluding carboxylic acids is 1. The van der Waals surface area contributed by atoms with Gasteiger partial charge in [0.25, 0.3) is 0 Å². The Morgan fingerprint density at radius 2 is 1.97 bits per heavy atom. The van der Waals surface area contributed by atoms with E-state index < -0.39 is 34.1 Å². The smallest absolute Gasteiger partial charge is 0.421 e. The second kappa shape index (κ2) is 10.1. The van der Waals surface area contributed by atoms with Crippen molar-refractivity contribution in [3.8, 4) is 17.2 Å². The van der Waals surface area contributed by atoms with Crippen LogP contribution in [0.2, 0.25) is 5.02 Å². The lowest BCUT2D eigenvalue weighted by molar-refractivity contribution is -0.138. The number of rotatable bonds is 6. The van der Waals surface area contributed by atoms with Crippen LogP contribution in [0.15, 0.2) is 65.8 Å². The van der Waals surface area contributed by atoms with Crippen LogP contribution < -0.4 is 15.4 Å². The number of nitrogens with one attached hydrogen (secondary N) is 2. The van der Waals surface area contributed by atoms with E-state index in [1.165, 1.54) is 6.08 Å².